The van der Waals surface area contributed by atoms with Crippen molar-refractivity contribution in [3.8, 4) is 0 Å². The number of rotatable bonds is 3. The van der Waals surface area contributed by atoms with Crippen LogP contribution in [0.4, 0.5) is 9.39 Å². The lowest BCUT2D eigenvalue weighted by atomic mass is 10.1. The van der Waals surface area contributed by atoms with Gasteiger partial charge in [-0.25, -0.2) is 9.18 Å². The summed E-state index contributed by atoms with van der Waals surface area (Å²) in [4.78, 5) is 25.7. The molecule has 24 heavy (non-hydrogen) atoms. The van der Waals surface area contributed by atoms with E-state index in [2.05, 4.69) is 5.32 Å². The summed E-state index contributed by atoms with van der Waals surface area (Å²) in [5, 5.41) is 3.15. The van der Waals surface area contributed by atoms with E-state index in [4.69, 9.17) is 4.74 Å². The van der Waals surface area contributed by atoms with Crippen LogP contribution in [0.25, 0.3) is 0 Å². The molecule has 126 valence electrons. The van der Waals surface area contributed by atoms with Gasteiger partial charge >= 0.3 is 5.97 Å². The lowest BCUT2D eigenvalue weighted by molar-refractivity contribution is 0.0601. The largest absolute Gasteiger partial charge is 0.465 e. The zero-order valence-electron chi connectivity index (χ0n) is 13.4. The summed E-state index contributed by atoms with van der Waals surface area (Å²) in [7, 11) is 1.32. The number of anilines is 1. The Bertz CT molecular complexity index is 785. The van der Waals surface area contributed by atoms with Gasteiger partial charge in [0.25, 0.3) is 5.91 Å². The van der Waals surface area contributed by atoms with Crippen LogP contribution in [0.3, 0.4) is 0 Å². The molecule has 0 radical (unpaired) electrons. The normalized spacial score (nSPS) is 13.8. The fourth-order valence-corrected chi connectivity index (χ4v) is 4.24. The van der Waals surface area contributed by atoms with Gasteiger partial charge in [-0.1, -0.05) is 18.6 Å². The number of hydrogen-bond donors (Lipinski definition) is 1. The van der Waals surface area contributed by atoms with Crippen LogP contribution in [0.2, 0.25) is 0 Å². The number of halogens is 1. The fraction of sp³-hybridized carbons (Fsp3) is 0.333. The second-order valence-corrected chi connectivity index (χ2v) is 6.80. The molecule has 3 rings (SSSR count). The highest BCUT2D eigenvalue weighted by Crippen LogP contribution is 2.38. The number of benzene rings is 1. The van der Waals surface area contributed by atoms with Crippen molar-refractivity contribution in [2.24, 2.45) is 0 Å². The molecular formula is C18H18FNO3S. The number of hydrogen-bond acceptors (Lipinski definition) is 4. The van der Waals surface area contributed by atoms with Crippen molar-refractivity contribution in [2.75, 3.05) is 12.4 Å². The van der Waals surface area contributed by atoms with Crippen molar-refractivity contribution in [2.45, 2.75) is 32.1 Å². The van der Waals surface area contributed by atoms with E-state index in [0.29, 0.717) is 10.6 Å². The van der Waals surface area contributed by atoms with Crippen molar-refractivity contribution >= 4 is 28.2 Å². The van der Waals surface area contributed by atoms with Gasteiger partial charge in [-0.3, -0.25) is 4.79 Å². The number of carbonyl (C=O) groups excluding carboxylic acids is 2. The van der Waals surface area contributed by atoms with Crippen LogP contribution in [0.5, 0.6) is 0 Å². The van der Waals surface area contributed by atoms with E-state index in [1.165, 1.54) is 36.6 Å². The lowest BCUT2D eigenvalue weighted by Crippen LogP contribution is -2.16. The molecule has 1 aromatic heterocycles. The van der Waals surface area contributed by atoms with Crippen molar-refractivity contribution in [3.63, 3.8) is 0 Å². The molecule has 1 aliphatic rings. The highest BCUT2D eigenvalue weighted by Gasteiger charge is 2.26. The Hall–Kier alpha value is -2.21. The molecule has 1 amide bonds. The number of nitrogens with one attached hydrogen (secondary N) is 1. The number of thiophene rings is 1. The van der Waals surface area contributed by atoms with Gasteiger partial charge in [-0.15, -0.1) is 11.3 Å². The number of esters is 1. The molecule has 2 aromatic rings. The maximum atomic E-state index is 13.8. The van der Waals surface area contributed by atoms with E-state index in [0.717, 1.165) is 42.5 Å². The van der Waals surface area contributed by atoms with Crippen molar-refractivity contribution in [1.29, 1.82) is 0 Å². The zero-order valence-corrected chi connectivity index (χ0v) is 14.2. The Morgan fingerprint density at radius 3 is 2.67 bits per heavy atom. The Labute approximate surface area is 143 Å². The third-order valence-corrected chi connectivity index (χ3v) is 5.36. The van der Waals surface area contributed by atoms with Crippen LogP contribution in [-0.2, 0) is 17.6 Å². The Morgan fingerprint density at radius 1 is 1.17 bits per heavy atom. The van der Waals surface area contributed by atoms with Crippen LogP contribution < -0.4 is 5.32 Å². The first-order chi connectivity index (χ1) is 11.6. The molecule has 0 spiro atoms. The molecule has 1 aliphatic carbocycles. The van der Waals surface area contributed by atoms with E-state index in [1.54, 1.807) is 6.07 Å². The SMILES string of the molecule is COC(=O)c1c(NC(=O)c2ccccc2F)sc2c1CCCCC2. The van der Waals surface area contributed by atoms with E-state index < -0.39 is 17.7 Å². The number of fused-ring (bicyclic) bond motifs is 1. The highest BCUT2D eigenvalue weighted by atomic mass is 32.1. The first-order valence-electron chi connectivity index (χ1n) is 7.90. The van der Waals surface area contributed by atoms with Gasteiger partial charge < -0.3 is 10.1 Å². The molecule has 0 aliphatic heterocycles. The standard InChI is InChI=1S/C18H18FNO3S/c1-23-18(22)15-12-8-3-2-4-10-14(12)24-17(15)20-16(21)11-7-5-6-9-13(11)19/h5-7,9H,2-4,8,10H2,1H3,(H,20,21). The highest BCUT2D eigenvalue weighted by molar-refractivity contribution is 7.17. The van der Waals surface area contributed by atoms with Crippen molar-refractivity contribution in [1.82, 2.24) is 0 Å². The number of aryl methyl sites for hydroxylation is 1. The van der Waals surface area contributed by atoms with Crippen LogP contribution >= 0.6 is 11.3 Å². The second kappa shape index (κ2) is 7.13. The van der Waals surface area contributed by atoms with Gasteiger partial charge in [0.1, 0.15) is 10.8 Å². The van der Waals surface area contributed by atoms with Gasteiger partial charge in [0.05, 0.1) is 18.2 Å². The molecule has 0 fully saturated rings. The molecule has 1 aromatic carbocycles. The third kappa shape index (κ3) is 3.19. The smallest absolute Gasteiger partial charge is 0.341 e. The Kier molecular flexibility index (Phi) is 4.94. The number of carbonyl (C=O) groups is 2. The maximum Gasteiger partial charge on any atom is 0.341 e. The summed E-state index contributed by atoms with van der Waals surface area (Å²) in [5.41, 5.74) is 1.34. The van der Waals surface area contributed by atoms with Gasteiger partial charge in [0, 0.05) is 4.88 Å². The molecule has 1 heterocycles. The van der Waals surface area contributed by atoms with Gasteiger partial charge in [0.15, 0.2) is 0 Å². The molecule has 4 nitrogen and oxygen atoms in total. The Morgan fingerprint density at radius 2 is 1.92 bits per heavy atom. The predicted octanol–water partition coefficient (Wildman–Crippen LogP) is 4.20. The van der Waals surface area contributed by atoms with E-state index in [1.807, 2.05) is 0 Å². The average molecular weight is 347 g/mol. The molecule has 0 unspecified atom stereocenters. The quantitative estimate of drug-likeness (QED) is 0.669. The fourth-order valence-electron chi connectivity index (χ4n) is 2.96. The van der Waals surface area contributed by atoms with Crippen LogP contribution in [0.1, 0.15) is 50.4 Å². The Balaban J connectivity index is 1.97. The number of amides is 1. The molecule has 0 atom stereocenters. The van der Waals surface area contributed by atoms with Crippen molar-refractivity contribution in [3.05, 3.63) is 51.7 Å². The van der Waals surface area contributed by atoms with Crippen LogP contribution in [0, 0.1) is 5.82 Å². The topological polar surface area (TPSA) is 55.4 Å². The van der Waals surface area contributed by atoms with Crippen molar-refractivity contribution < 1.29 is 18.7 Å². The zero-order chi connectivity index (χ0) is 17.1. The van der Waals surface area contributed by atoms with E-state index in [-0.39, 0.29) is 5.56 Å². The van der Waals surface area contributed by atoms with Crippen LogP contribution in [-0.4, -0.2) is 19.0 Å². The molecule has 1 N–H and O–H groups in total. The summed E-state index contributed by atoms with van der Waals surface area (Å²) < 4.78 is 18.7. The minimum atomic E-state index is -0.590. The lowest BCUT2D eigenvalue weighted by Gasteiger charge is -2.08. The monoisotopic (exact) mass is 347 g/mol. The summed E-state index contributed by atoms with van der Waals surface area (Å²) in [6.45, 7) is 0. The average Bonchev–Trinajstić information content (AvgIpc) is 2.75. The maximum absolute atomic E-state index is 13.8. The molecule has 0 saturated carbocycles. The molecule has 0 bridgehead atoms. The molecule has 6 heteroatoms. The first kappa shape index (κ1) is 16.6. The second-order valence-electron chi connectivity index (χ2n) is 5.69. The van der Waals surface area contributed by atoms with Gasteiger partial charge in [0.2, 0.25) is 0 Å². The van der Waals surface area contributed by atoms with Gasteiger partial charge in [-0.05, 0) is 43.4 Å². The molecule has 0 saturated heterocycles. The van der Waals surface area contributed by atoms with Crippen LogP contribution in [0.15, 0.2) is 24.3 Å². The summed E-state index contributed by atoms with van der Waals surface area (Å²) in [6.07, 6.45) is 4.88. The summed E-state index contributed by atoms with van der Waals surface area (Å²) in [6, 6.07) is 5.78. The number of ether oxygens (including phenoxy) is 1. The first-order valence-corrected chi connectivity index (χ1v) is 8.72. The van der Waals surface area contributed by atoms with E-state index in [9.17, 15) is 14.0 Å². The third-order valence-electron chi connectivity index (χ3n) is 4.16. The minimum Gasteiger partial charge on any atom is -0.465 e. The van der Waals surface area contributed by atoms with E-state index >= 15 is 0 Å². The summed E-state index contributed by atoms with van der Waals surface area (Å²) in [5.74, 6) is -1.61. The van der Waals surface area contributed by atoms with Gasteiger partial charge in [-0.2, -0.15) is 0 Å². The molecular weight excluding hydrogens is 329 g/mol. The number of methoxy groups -OCH3 is 1. The summed E-state index contributed by atoms with van der Waals surface area (Å²) >= 11 is 1.39. The minimum absolute atomic E-state index is 0.0445. The predicted molar refractivity (Wildman–Crippen MR) is 91.3 cm³/mol.